The summed E-state index contributed by atoms with van der Waals surface area (Å²) in [4.78, 5) is 0.585. The third-order valence-corrected chi connectivity index (χ3v) is 4.54. The number of anilines is 1. The van der Waals surface area contributed by atoms with Crippen LogP contribution in [-0.4, -0.2) is 4.21 Å². The number of nitrogens with two attached hydrogens (primary N) is 1. The molecule has 2 aromatic carbocycles. The van der Waals surface area contributed by atoms with E-state index in [4.69, 9.17) is 5.73 Å². The van der Waals surface area contributed by atoms with E-state index in [9.17, 15) is 17.4 Å². The molecule has 0 fully saturated rings. The molecule has 2 N–H and O–H groups in total. The van der Waals surface area contributed by atoms with Crippen molar-refractivity contribution in [2.24, 2.45) is 0 Å². The molecule has 0 aliphatic heterocycles. The Morgan fingerprint density at radius 2 is 1.86 bits per heavy atom. The molecule has 0 aromatic heterocycles. The van der Waals surface area contributed by atoms with Crippen LogP contribution < -0.4 is 5.73 Å². The zero-order valence-corrected chi connectivity index (χ0v) is 12.1. The summed E-state index contributed by atoms with van der Waals surface area (Å²) in [5, 5.41) is 0. The van der Waals surface area contributed by atoms with Gasteiger partial charge in [-0.2, -0.15) is 13.2 Å². The normalized spacial score (nSPS) is 13.1. The van der Waals surface area contributed by atoms with Crippen molar-refractivity contribution in [2.75, 3.05) is 5.73 Å². The topological polar surface area (TPSA) is 43.1 Å². The summed E-state index contributed by atoms with van der Waals surface area (Å²) in [6.45, 7) is 1.77. The number of hydrogen-bond acceptors (Lipinski definition) is 2. The summed E-state index contributed by atoms with van der Waals surface area (Å²) >= 11 is 0. The van der Waals surface area contributed by atoms with Gasteiger partial charge >= 0.3 is 6.18 Å². The van der Waals surface area contributed by atoms with Crippen LogP contribution in [-0.2, 0) is 22.7 Å². The molecule has 2 nitrogen and oxygen atoms in total. The van der Waals surface area contributed by atoms with Crippen LogP contribution in [0, 0.1) is 6.92 Å². The highest BCUT2D eigenvalue weighted by Gasteiger charge is 2.30. The minimum absolute atomic E-state index is 0.0364. The van der Waals surface area contributed by atoms with Crippen LogP contribution in [0.2, 0.25) is 0 Å². The lowest BCUT2D eigenvalue weighted by Crippen LogP contribution is -2.06. The molecule has 0 radical (unpaired) electrons. The van der Waals surface area contributed by atoms with Crippen LogP contribution in [0.25, 0.3) is 0 Å². The predicted molar refractivity (Wildman–Crippen MR) is 77.1 cm³/mol. The first kappa shape index (κ1) is 15.6. The summed E-state index contributed by atoms with van der Waals surface area (Å²) in [6.07, 6.45) is -4.39. The molecule has 21 heavy (non-hydrogen) atoms. The second-order valence-corrected chi connectivity index (χ2v) is 6.13. The van der Waals surface area contributed by atoms with Gasteiger partial charge in [-0.05, 0) is 42.3 Å². The Morgan fingerprint density at radius 1 is 1.14 bits per heavy atom. The lowest BCUT2D eigenvalue weighted by atomic mass is 10.1. The molecule has 0 heterocycles. The van der Waals surface area contributed by atoms with Crippen molar-refractivity contribution in [1.29, 1.82) is 0 Å². The van der Waals surface area contributed by atoms with Gasteiger partial charge in [0.25, 0.3) is 0 Å². The van der Waals surface area contributed by atoms with Crippen molar-refractivity contribution in [2.45, 2.75) is 23.7 Å². The standard InChI is InChI=1S/C15H14F3NOS/c1-10-7-13(19)5-6-14(10)21(20)9-11-3-2-4-12(8-11)15(16,17)18/h2-8H,9,19H2,1H3. The Hall–Kier alpha value is -1.82. The number of aryl methyl sites for hydroxylation is 1. The molecular formula is C15H14F3NOS. The Kier molecular flexibility index (Phi) is 4.37. The van der Waals surface area contributed by atoms with Crippen molar-refractivity contribution in [3.63, 3.8) is 0 Å². The number of nitrogen functional groups attached to an aromatic ring is 1. The van der Waals surface area contributed by atoms with E-state index in [1.165, 1.54) is 6.07 Å². The van der Waals surface area contributed by atoms with Crippen molar-refractivity contribution in [3.8, 4) is 0 Å². The molecule has 112 valence electrons. The Morgan fingerprint density at radius 3 is 2.48 bits per heavy atom. The predicted octanol–water partition coefficient (Wildman–Crippen LogP) is 3.90. The maximum atomic E-state index is 12.6. The molecule has 0 aliphatic carbocycles. The number of rotatable bonds is 3. The van der Waals surface area contributed by atoms with E-state index in [0.717, 1.165) is 17.7 Å². The molecule has 0 saturated carbocycles. The largest absolute Gasteiger partial charge is 0.416 e. The summed E-state index contributed by atoms with van der Waals surface area (Å²) in [5.41, 5.74) is 6.61. The summed E-state index contributed by atoms with van der Waals surface area (Å²) in [6, 6.07) is 9.87. The molecule has 1 atom stereocenters. The van der Waals surface area contributed by atoms with Crippen LogP contribution in [0.1, 0.15) is 16.7 Å². The van der Waals surface area contributed by atoms with Gasteiger partial charge in [-0.3, -0.25) is 4.21 Å². The van der Waals surface area contributed by atoms with Crippen molar-refractivity contribution in [3.05, 3.63) is 59.2 Å². The summed E-state index contributed by atoms with van der Waals surface area (Å²) < 4.78 is 50.2. The average molecular weight is 313 g/mol. The smallest absolute Gasteiger partial charge is 0.399 e. The maximum absolute atomic E-state index is 12.6. The zero-order valence-electron chi connectivity index (χ0n) is 11.3. The van der Waals surface area contributed by atoms with E-state index in [-0.39, 0.29) is 5.75 Å². The van der Waals surface area contributed by atoms with Gasteiger partial charge in [-0.15, -0.1) is 0 Å². The molecule has 2 aromatic rings. The molecule has 0 amide bonds. The number of hydrogen-bond donors (Lipinski definition) is 1. The fourth-order valence-corrected chi connectivity index (χ4v) is 3.27. The highest BCUT2D eigenvalue weighted by atomic mass is 32.2. The average Bonchev–Trinajstić information content (AvgIpc) is 2.37. The minimum atomic E-state index is -4.39. The van der Waals surface area contributed by atoms with E-state index in [2.05, 4.69) is 0 Å². The maximum Gasteiger partial charge on any atom is 0.416 e. The Bertz CT molecular complexity index is 683. The first-order valence-corrected chi connectivity index (χ1v) is 7.50. The molecule has 0 aliphatic rings. The fourth-order valence-electron chi connectivity index (χ4n) is 1.99. The number of benzene rings is 2. The first-order valence-electron chi connectivity index (χ1n) is 6.18. The zero-order chi connectivity index (χ0) is 15.6. The van der Waals surface area contributed by atoms with Gasteiger partial charge in [0.2, 0.25) is 0 Å². The van der Waals surface area contributed by atoms with E-state index >= 15 is 0 Å². The van der Waals surface area contributed by atoms with Gasteiger partial charge in [0.15, 0.2) is 0 Å². The third kappa shape index (κ3) is 3.85. The molecule has 0 bridgehead atoms. The van der Waals surface area contributed by atoms with Crippen molar-refractivity contribution in [1.82, 2.24) is 0 Å². The van der Waals surface area contributed by atoms with Gasteiger partial charge in [-0.25, -0.2) is 0 Å². The van der Waals surface area contributed by atoms with E-state index < -0.39 is 22.5 Å². The lowest BCUT2D eigenvalue weighted by Gasteiger charge is -2.10. The molecule has 1 unspecified atom stereocenters. The van der Waals surface area contributed by atoms with Crippen LogP contribution >= 0.6 is 0 Å². The highest BCUT2D eigenvalue weighted by Crippen LogP contribution is 2.30. The van der Waals surface area contributed by atoms with E-state index in [0.29, 0.717) is 16.1 Å². The molecular weight excluding hydrogens is 299 g/mol. The summed E-state index contributed by atoms with van der Waals surface area (Å²) in [5.74, 6) is 0.0364. The van der Waals surface area contributed by atoms with Crippen LogP contribution in [0.15, 0.2) is 47.4 Å². The Labute approximate surface area is 123 Å². The number of alkyl halides is 3. The van der Waals surface area contributed by atoms with Gasteiger partial charge in [0, 0.05) is 10.6 Å². The molecule has 0 saturated heterocycles. The van der Waals surface area contributed by atoms with Crippen molar-refractivity contribution >= 4 is 16.5 Å². The second kappa shape index (κ2) is 5.89. The SMILES string of the molecule is Cc1cc(N)ccc1S(=O)Cc1cccc(C(F)(F)F)c1. The fraction of sp³-hybridized carbons (Fsp3) is 0.200. The van der Waals surface area contributed by atoms with Crippen LogP contribution in [0.4, 0.5) is 18.9 Å². The quantitative estimate of drug-likeness (QED) is 0.873. The highest BCUT2D eigenvalue weighted by molar-refractivity contribution is 7.84. The second-order valence-electron chi connectivity index (χ2n) is 4.71. The minimum Gasteiger partial charge on any atom is -0.399 e. The third-order valence-electron chi connectivity index (χ3n) is 3.00. The van der Waals surface area contributed by atoms with Gasteiger partial charge in [0.05, 0.1) is 22.1 Å². The molecule has 6 heteroatoms. The summed E-state index contributed by atoms with van der Waals surface area (Å²) in [7, 11) is -1.41. The lowest BCUT2D eigenvalue weighted by molar-refractivity contribution is -0.137. The van der Waals surface area contributed by atoms with E-state index in [1.807, 2.05) is 0 Å². The number of halogens is 3. The van der Waals surface area contributed by atoms with Crippen molar-refractivity contribution < 1.29 is 17.4 Å². The van der Waals surface area contributed by atoms with Crippen LogP contribution in [0.5, 0.6) is 0 Å². The molecule has 2 rings (SSSR count). The monoisotopic (exact) mass is 313 g/mol. The van der Waals surface area contributed by atoms with Gasteiger partial charge < -0.3 is 5.73 Å². The Balaban J connectivity index is 2.24. The van der Waals surface area contributed by atoms with Crippen LogP contribution in [0.3, 0.4) is 0 Å². The van der Waals surface area contributed by atoms with Gasteiger partial charge in [0.1, 0.15) is 0 Å². The van der Waals surface area contributed by atoms with E-state index in [1.54, 1.807) is 31.2 Å². The first-order chi connectivity index (χ1) is 9.77. The van der Waals surface area contributed by atoms with Gasteiger partial charge in [-0.1, -0.05) is 18.2 Å². The molecule has 0 spiro atoms.